The molecule has 1 aromatic heterocycles. The monoisotopic (exact) mass is 369 g/mol. The average molecular weight is 371 g/mol. The molecule has 0 fully saturated rings. The Morgan fingerprint density at radius 3 is 2.71 bits per heavy atom. The van der Waals surface area contributed by atoms with E-state index in [-0.39, 0.29) is 6.04 Å². The number of hydrogen-bond acceptors (Lipinski definition) is 2. The molecule has 0 aliphatic heterocycles. The van der Waals surface area contributed by atoms with Crippen LogP contribution in [-0.2, 0) is 0 Å². The molecule has 0 spiro atoms. The second kappa shape index (κ2) is 6.95. The van der Waals surface area contributed by atoms with Gasteiger partial charge in [0.25, 0.3) is 0 Å². The Morgan fingerprint density at radius 1 is 1.38 bits per heavy atom. The van der Waals surface area contributed by atoms with Gasteiger partial charge in [0.15, 0.2) is 0 Å². The molecule has 0 saturated carbocycles. The Labute approximate surface area is 139 Å². The number of nitrogens with one attached hydrogen (secondary N) is 1. The van der Waals surface area contributed by atoms with Crippen LogP contribution in [0.2, 0.25) is 5.02 Å². The molecule has 1 unspecified atom stereocenters. The summed E-state index contributed by atoms with van der Waals surface area (Å²) in [5.74, 6) is 0. The molecule has 0 aliphatic rings. The van der Waals surface area contributed by atoms with Crippen LogP contribution >= 0.6 is 27.5 Å². The maximum absolute atomic E-state index is 6.30. The van der Waals surface area contributed by atoms with Crippen molar-refractivity contribution in [1.82, 2.24) is 15.1 Å². The molecule has 0 bridgehead atoms. The van der Waals surface area contributed by atoms with Crippen LogP contribution in [0.1, 0.15) is 49.7 Å². The van der Waals surface area contributed by atoms with Crippen LogP contribution < -0.4 is 5.32 Å². The maximum Gasteiger partial charge on any atom is 0.0763 e. The minimum absolute atomic E-state index is 0.0629. The van der Waals surface area contributed by atoms with Crippen molar-refractivity contribution < 1.29 is 0 Å². The lowest BCUT2D eigenvalue weighted by molar-refractivity contribution is 0.474. The summed E-state index contributed by atoms with van der Waals surface area (Å²) in [6.07, 6.45) is 1.86. The first kappa shape index (κ1) is 16.5. The minimum atomic E-state index is 0.0629. The van der Waals surface area contributed by atoms with Crippen LogP contribution in [-0.4, -0.2) is 16.3 Å². The van der Waals surface area contributed by atoms with Crippen LogP contribution in [0.25, 0.3) is 0 Å². The van der Waals surface area contributed by atoms with Gasteiger partial charge in [-0.25, -0.2) is 0 Å². The van der Waals surface area contributed by atoms with Crippen molar-refractivity contribution in [2.24, 2.45) is 0 Å². The van der Waals surface area contributed by atoms with Crippen molar-refractivity contribution in [2.75, 3.05) is 6.54 Å². The Morgan fingerprint density at radius 2 is 2.10 bits per heavy atom. The van der Waals surface area contributed by atoms with Crippen LogP contribution in [0.4, 0.5) is 0 Å². The quantitative estimate of drug-likeness (QED) is 0.812. The molecule has 3 nitrogen and oxygen atoms in total. The van der Waals surface area contributed by atoms with Crippen LogP contribution in [0.3, 0.4) is 0 Å². The van der Waals surface area contributed by atoms with Gasteiger partial charge in [-0.3, -0.25) is 4.68 Å². The van der Waals surface area contributed by atoms with Gasteiger partial charge in [0.05, 0.1) is 22.4 Å². The molecule has 114 valence electrons. The fourth-order valence-corrected chi connectivity index (χ4v) is 3.21. The van der Waals surface area contributed by atoms with Crippen molar-refractivity contribution in [3.05, 3.63) is 50.7 Å². The number of nitrogens with zero attached hydrogens (tertiary/aromatic N) is 2. The molecule has 21 heavy (non-hydrogen) atoms. The molecule has 0 aliphatic carbocycles. The highest BCUT2D eigenvalue weighted by Gasteiger charge is 2.24. The molecule has 0 amide bonds. The summed E-state index contributed by atoms with van der Waals surface area (Å²) in [5.41, 5.74) is 3.43. The lowest BCUT2D eigenvalue weighted by atomic mass is 9.98. The van der Waals surface area contributed by atoms with Gasteiger partial charge in [-0.05, 0) is 60.4 Å². The fraction of sp³-hybridized carbons (Fsp3) is 0.438. The molecule has 2 aromatic rings. The zero-order valence-electron chi connectivity index (χ0n) is 12.8. The van der Waals surface area contributed by atoms with Gasteiger partial charge in [-0.2, -0.15) is 5.10 Å². The van der Waals surface area contributed by atoms with Gasteiger partial charge in [-0.1, -0.05) is 30.7 Å². The molecule has 1 N–H and O–H groups in total. The molecular formula is C16H21BrClN3. The summed E-state index contributed by atoms with van der Waals surface area (Å²) in [7, 11) is 0. The smallest absolute Gasteiger partial charge is 0.0763 e. The third kappa shape index (κ3) is 3.33. The lowest BCUT2D eigenvalue weighted by Gasteiger charge is -2.24. The first-order valence-corrected chi connectivity index (χ1v) is 8.35. The second-order valence-electron chi connectivity index (χ2n) is 5.36. The van der Waals surface area contributed by atoms with E-state index in [0.717, 1.165) is 27.3 Å². The summed E-state index contributed by atoms with van der Waals surface area (Å²) < 4.78 is 3.07. The van der Waals surface area contributed by atoms with Gasteiger partial charge < -0.3 is 5.32 Å². The number of halogens is 2. The van der Waals surface area contributed by atoms with E-state index >= 15 is 0 Å². The fourth-order valence-electron chi connectivity index (χ4n) is 2.53. The van der Waals surface area contributed by atoms with E-state index < -0.39 is 0 Å². The third-order valence-corrected chi connectivity index (χ3v) is 4.60. The second-order valence-corrected chi connectivity index (χ2v) is 6.62. The van der Waals surface area contributed by atoms with Gasteiger partial charge in [0, 0.05) is 11.1 Å². The Kier molecular flexibility index (Phi) is 5.47. The van der Waals surface area contributed by atoms with E-state index in [1.54, 1.807) is 0 Å². The number of rotatable bonds is 5. The normalized spacial score (nSPS) is 12.9. The van der Waals surface area contributed by atoms with Gasteiger partial charge in [-0.15, -0.1) is 0 Å². The van der Waals surface area contributed by atoms with Gasteiger partial charge in [0.1, 0.15) is 0 Å². The SMILES string of the molecule is CCNC(c1cccc(Cl)c1C)c1c(Br)cnn1C(C)C. The van der Waals surface area contributed by atoms with E-state index in [0.29, 0.717) is 6.04 Å². The minimum Gasteiger partial charge on any atom is -0.305 e. The maximum atomic E-state index is 6.30. The first-order valence-electron chi connectivity index (χ1n) is 7.18. The van der Waals surface area contributed by atoms with Gasteiger partial charge >= 0.3 is 0 Å². The van der Waals surface area contributed by atoms with Crippen molar-refractivity contribution in [2.45, 2.75) is 39.8 Å². The zero-order chi connectivity index (χ0) is 15.6. The summed E-state index contributed by atoms with van der Waals surface area (Å²) >= 11 is 9.94. The molecule has 5 heteroatoms. The summed E-state index contributed by atoms with van der Waals surface area (Å²) in [5, 5.41) is 8.84. The van der Waals surface area contributed by atoms with E-state index in [9.17, 15) is 0 Å². The summed E-state index contributed by atoms with van der Waals surface area (Å²) in [6, 6.07) is 6.41. The predicted molar refractivity (Wildman–Crippen MR) is 92.0 cm³/mol. The highest BCUT2D eigenvalue weighted by atomic mass is 79.9. The van der Waals surface area contributed by atoms with Crippen LogP contribution in [0.15, 0.2) is 28.9 Å². The number of benzene rings is 1. The van der Waals surface area contributed by atoms with E-state index in [1.807, 2.05) is 18.3 Å². The molecule has 1 atom stereocenters. The Hall–Kier alpha value is -0.840. The number of aromatic nitrogens is 2. The highest BCUT2D eigenvalue weighted by molar-refractivity contribution is 9.10. The molecule has 0 saturated heterocycles. The molecule has 0 radical (unpaired) electrons. The van der Waals surface area contributed by atoms with Crippen LogP contribution in [0, 0.1) is 6.92 Å². The molecule has 2 rings (SSSR count). The Balaban J connectivity index is 2.59. The number of hydrogen-bond donors (Lipinski definition) is 1. The molecular weight excluding hydrogens is 350 g/mol. The first-order chi connectivity index (χ1) is 9.97. The Bertz CT molecular complexity index is 622. The third-order valence-electron chi connectivity index (χ3n) is 3.58. The van der Waals surface area contributed by atoms with Crippen molar-refractivity contribution in [3.63, 3.8) is 0 Å². The topological polar surface area (TPSA) is 29.9 Å². The summed E-state index contributed by atoms with van der Waals surface area (Å²) in [6.45, 7) is 9.31. The largest absolute Gasteiger partial charge is 0.305 e. The average Bonchev–Trinajstić information content (AvgIpc) is 2.82. The molecule has 1 aromatic carbocycles. The van der Waals surface area contributed by atoms with Gasteiger partial charge in [0.2, 0.25) is 0 Å². The van der Waals surface area contributed by atoms with Crippen molar-refractivity contribution >= 4 is 27.5 Å². The highest BCUT2D eigenvalue weighted by Crippen LogP contribution is 2.33. The van der Waals surface area contributed by atoms with E-state index in [2.05, 4.69) is 64.8 Å². The lowest BCUT2D eigenvalue weighted by Crippen LogP contribution is -2.26. The summed E-state index contributed by atoms with van der Waals surface area (Å²) in [4.78, 5) is 0. The predicted octanol–water partition coefficient (Wildman–Crippen LogP) is 4.89. The zero-order valence-corrected chi connectivity index (χ0v) is 15.2. The van der Waals surface area contributed by atoms with Crippen LogP contribution in [0.5, 0.6) is 0 Å². The van der Waals surface area contributed by atoms with E-state index in [1.165, 1.54) is 5.56 Å². The van der Waals surface area contributed by atoms with Crippen molar-refractivity contribution in [3.8, 4) is 0 Å². The van der Waals surface area contributed by atoms with Crippen molar-refractivity contribution in [1.29, 1.82) is 0 Å². The standard InChI is InChI=1S/C16H21BrClN3/c1-5-19-15(12-7-6-8-14(18)11(12)4)16-13(17)9-20-21(16)10(2)3/h6-10,15,19H,5H2,1-4H3. The molecule has 1 heterocycles. The van der Waals surface area contributed by atoms with E-state index in [4.69, 9.17) is 11.6 Å².